The van der Waals surface area contributed by atoms with Crippen LogP contribution in [0.2, 0.25) is 0 Å². The van der Waals surface area contributed by atoms with Crippen molar-refractivity contribution < 1.29 is 14.6 Å². The van der Waals surface area contributed by atoms with E-state index in [0.717, 1.165) is 46.3 Å². The van der Waals surface area contributed by atoms with E-state index in [2.05, 4.69) is 11.9 Å². The lowest BCUT2D eigenvalue weighted by atomic mass is 9.85. The minimum Gasteiger partial charge on any atom is -0.479 e. The second kappa shape index (κ2) is 7.89. The summed E-state index contributed by atoms with van der Waals surface area (Å²) >= 11 is 1.77. The number of carboxylic acid groups (broad SMARTS) is 1. The number of nitrogens with zero attached hydrogens (tertiary/aromatic N) is 2. The van der Waals surface area contributed by atoms with Crippen molar-refractivity contribution in [3.8, 4) is 0 Å². The Labute approximate surface area is 181 Å². The fraction of sp³-hybridized carbons (Fsp3) is 0.542. The Hall–Kier alpha value is -2.05. The predicted octanol–water partition coefficient (Wildman–Crippen LogP) is 5.67. The van der Waals surface area contributed by atoms with E-state index < -0.39 is 17.7 Å². The number of thiophene rings is 1. The molecular formula is C24H30N2O3S. The molecule has 0 saturated carbocycles. The topological polar surface area (TPSA) is 71.8 Å². The highest BCUT2D eigenvalue weighted by Gasteiger charge is 2.34. The second-order valence-corrected chi connectivity index (χ2v) is 10.5. The summed E-state index contributed by atoms with van der Waals surface area (Å²) in [7, 11) is 0. The van der Waals surface area contributed by atoms with Gasteiger partial charge in [0.05, 0.1) is 11.6 Å². The van der Waals surface area contributed by atoms with Crippen LogP contribution in [0.4, 0.5) is 0 Å². The SMILES string of the molecule is Cc1nc2sc3c(c2c(C2=CC=NC(C)C2)c1[C@H](OC(C)(C)C)C(=O)O)CCCC3. The number of hydrogen-bond acceptors (Lipinski definition) is 5. The van der Waals surface area contributed by atoms with E-state index in [1.165, 1.54) is 23.3 Å². The van der Waals surface area contributed by atoms with Crippen molar-refractivity contribution in [3.63, 3.8) is 0 Å². The van der Waals surface area contributed by atoms with E-state index in [1.807, 2.05) is 40.0 Å². The summed E-state index contributed by atoms with van der Waals surface area (Å²) in [5.41, 5.74) is 4.37. The maximum absolute atomic E-state index is 12.4. The van der Waals surface area contributed by atoms with Gasteiger partial charge in [0.2, 0.25) is 0 Å². The number of aromatic nitrogens is 1. The fourth-order valence-corrected chi connectivity index (χ4v) is 5.88. The molecule has 6 heteroatoms. The Morgan fingerprint density at radius 2 is 2.03 bits per heavy atom. The molecule has 0 aromatic carbocycles. The zero-order chi connectivity index (χ0) is 21.6. The van der Waals surface area contributed by atoms with Gasteiger partial charge in [-0.3, -0.25) is 4.99 Å². The van der Waals surface area contributed by atoms with E-state index >= 15 is 0 Å². The Morgan fingerprint density at radius 1 is 1.30 bits per heavy atom. The monoisotopic (exact) mass is 426 g/mol. The number of carboxylic acids is 1. The number of aliphatic imine (C=N–C) groups is 1. The van der Waals surface area contributed by atoms with Crippen molar-refractivity contribution in [1.82, 2.24) is 4.98 Å². The zero-order valence-electron chi connectivity index (χ0n) is 18.4. The van der Waals surface area contributed by atoms with Crippen LogP contribution >= 0.6 is 11.3 Å². The molecule has 1 N–H and O–H groups in total. The Morgan fingerprint density at radius 3 is 2.70 bits per heavy atom. The number of ether oxygens (including phenoxy) is 1. The fourth-order valence-electron chi connectivity index (χ4n) is 4.56. The highest BCUT2D eigenvalue weighted by Crippen LogP contribution is 2.45. The predicted molar refractivity (Wildman–Crippen MR) is 123 cm³/mol. The molecule has 4 rings (SSSR count). The van der Waals surface area contributed by atoms with Gasteiger partial charge in [0.15, 0.2) is 6.10 Å². The lowest BCUT2D eigenvalue weighted by Crippen LogP contribution is -2.29. The summed E-state index contributed by atoms with van der Waals surface area (Å²) in [6, 6.07) is 0.169. The highest BCUT2D eigenvalue weighted by atomic mass is 32.1. The van der Waals surface area contributed by atoms with Crippen LogP contribution in [0.25, 0.3) is 15.8 Å². The van der Waals surface area contributed by atoms with Gasteiger partial charge in [-0.2, -0.15) is 0 Å². The minimum absolute atomic E-state index is 0.169. The number of aryl methyl sites for hydroxylation is 3. The van der Waals surface area contributed by atoms with Crippen molar-refractivity contribution in [1.29, 1.82) is 0 Å². The maximum atomic E-state index is 12.4. The molecule has 2 aromatic rings. The van der Waals surface area contributed by atoms with Crippen molar-refractivity contribution in [2.24, 2.45) is 4.99 Å². The molecule has 3 heterocycles. The third kappa shape index (κ3) is 3.95. The Kier molecular flexibility index (Phi) is 5.58. The van der Waals surface area contributed by atoms with Crippen LogP contribution < -0.4 is 0 Å². The van der Waals surface area contributed by atoms with Gasteiger partial charge >= 0.3 is 5.97 Å². The standard InChI is InChI=1S/C24H30N2O3S/c1-13-12-15(10-11-25-13)19-18(21(23(27)28)29-24(3,4)5)14(2)26-22-20(19)16-8-6-7-9-17(16)30-22/h10-11,13,21H,6-9,12H2,1-5H3,(H,27,28)/t13?,21-/m0/s1. The molecule has 0 amide bonds. The molecule has 2 atom stereocenters. The number of hydrogen-bond donors (Lipinski definition) is 1. The molecule has 0 spiro atoms. The average molecular weight is 427 g/mol. The summed E-state index contributed by atoms with van der Waals surface area (Å²) in [5.74, 6) is -0.974. The third-order valence-electron chi connectivity index (χ3n) is 5.74. The number of aliphatic carboxylic acids is 1. The molecule has 1 unspecified atom stereocenters. The van der Waals surface area contributed by atoms with Gasteiger partial charge in [-0.05, 0) is 89.5 Å². The number of dihydropyridines is 1. The summed E-state index contributed by atoms with van der Waals surface area (Å²) in [5, 5.41) is 11.3. The summed E-state index contributed by atoms with van der Waals surface area (Å²) < 4.78 is 6.10. The van der Waals surface area contributed by atoms with Gasteiger partial charge in [-0.15, -0.1) is 11.3 Å². The molecule has 0 fully saturated rings. The molecule has 160 valence electrons. The number of carbonyl (C=O) groups is 1. The van der Waals surface area contributed by atoms with Crippen LogP contribution in [0, 0.1) is 6.92 Å². The van der Waals surface area contributed by atoms with Crippen LogP contribution in [0.15, 0.2) is 11.1 Å². The molecule has 0 saturated heterocycles. The van der Waals surface area contributed by atoms with E-state index in [1.54, 1.807) is 11.3 Å². The maximum Gasteiger partial charge on any atom is 0.337 e. The second-order valence-electron chi connectivity index (χ2n) is 9.37. The number of pyridine rings is 1. The lowest BCUT2D eigenvalue weighted by Gasteiger charge is -2.29. The van der Waals surface area contributed by atoms with E-state index in [4.69, 9.17) is 9.72 Å². The molecule has 1 aliphatic carbocycles. The van der Waals surface area contributed by atoms with E-state index in [-0.39, 0.29) is 6.04 Å². The first kappa shape index (κ1) is 21.2. The molecule has 0 radical (unpaired) electrons. The van der Waals surface area contributed by atoms with Crippen LogP contribution in [0.3, 0.4) is 0 Å². The molecule has 2 aromatic heterocycles. The molecule has 1 aliphatic heterocycles. The first-order valence-corrected chi connectivity index (χ1v) is 11.6. The van der Waals surface area contributed by atoms with Crippen LogP contribution in [0.5, 0.6) is 0 Å². The Balaban J connectivity index is 2.05. The first-order chi connectivity index (χ1) is 14.2. The number of rotatable bonds is 4. The molecule has 30 heavy (non-hydrogen) atoms. The number of allylic oxidation sites excluding steroid dienone is 1. The highest BCUT2D eigenvalue weighted by molar-refractivity contribution is 7.18. The molecular weight excluding hydrogens is 396 g/mol. The van der Waals surface area contributed by atoms with E-state index in [0.29, 0.717) is 5.56 Å². The summed E-state index contributed by atoms with van der Waals surface area (Å²) in [4.78, 5) is 24.2. The lowest BCUT2D eigenvalue weighted by molar-refractivity contribution is -0.160. The van der Waals surface area contributed by atoms with Crippen molar-refractivity contribution in [3.05, 3.63) is 33.3 Å². The molecule has 5 nitrogen and oxygen atoms in total. The van der Waals surface area contributed by atoms with Gasteiger partial charge in [-0.1, -0.05) is 0 Å². The first-order valence-electron chi connectivity index (χ1n) is 10.7. The quantitative estimate of drug-likeness (QED) is 0.684. The Bertz CT molecular complexity index is 1060. The van der Waals surface area contributed by atoms with Crippen molar-refractivity contribution in [2.75, 3.05) is 0 Å². The summed E-state index contributed by atoms with van der Waals surface area (Å²) in [6.45, 7) is 9.69. The van der Waals surface area contributed by atoms with Crippen LogP contribution in [0.1, 0.15) is 80.3 Å². The third-order valence-corrected chi connectivity index (χ3v) is 6.93. The van der Waals surface area contributed by atoms with Crippen LogP contribution in [-0.4, -0.2) is 33.9 Å². The van der Waals surface area contributed by atoms with Gasteiger partial charge in [-0.25, -0.2) is 9.78 Å². The largest absolute Gasteiger partial charge is 0.479 e. The van der Waals surface area contributed by atoms with Crippen molar-refractivity contribution in [2.45, 2.75) is 84.5 Å². The van der Waals surface area contributed by atoms with Crippen LogP contribution in [-0.2, 0) is 22.4 Å². The van der Waals surface area contributed by atoms with Gasteiger partial charge in [0.25, 0.3) is 0 Å². The zero-order valence-corrected chi connectivity index (χ0v) is 19.2. The van der Waals surface area contributed by atoms with Gasteiger partial charge in [0.1, 0.15) is 4.83 Å². The van der Waals surface area contributed by atoms with Gasteiger partial charge in [0, 0.05) is 27.7 Å². The molecule has 2 aliphatic rings. The normalized spacial score (nSPS) is 20.2. The van der Waals surface area contributed by atoms with Crippen molar-refractivity contribution >= 4 is 39.3 Å². The number of fused-ring (bicyclic) bond motifs is 3. The van der Waals surface area contributed by atoms with Gasteiger partial charge < -0.3 is 9.84 Å². The molecule has 0 bridgehead atoms. The average Bonchev–Trinajstić information content (AvgIpc) is 3.02. The van der Waals surface area contributed by atoms with E-state index in [9.17, 15) is 9.90 Å². The minimum atomic E-state index is -1.06. The smallest absolute Gasteiger partial charge is 0.337 e. The summed E-state index contributed by atoms with van der Waals surface area (Å²) in [6.07, 6.45) is 8.11.